The molecule has 0 aliphatic rings. The lowest BCUT2D eigenvalue weighted by atomic mass is 9.95. The Morgan fingerprint density at radius 2 is 1.52 bits per heavy atom. The molecule has 0 aromatic heterocycles. The summed E-state index contributed by atoms with van der Waals surface area (Å²) >= 11 is 0. The summed E-state index contributed by atoms with van der Waals surface area (Å²) in [7, 11) is 0. The number of fused-ring (bicyclic) bond motifs is 3. The quantitative estimate of drug-likeness (QED) is 0.153. The van der Waals surface area contributed by atoms with Crippen LogP contribution in [0.2, 0.25) is 0 Å². The minimum atomic E-state index is -5.01. The van der Waals surface area contributed by atoms with Crippen LogP contribution in [0.25, 0.3) is 32.7 Å². The highest BCUT2D eigenvalue weighted by Gasteiger charge is 2.32. The molecule has 0 radical (unpaired) electrons. The summed E-state index contributed by atoms with van der Waals surface area (Å²) in [6, 6.07) is 15.9. The van der Waals surface area contributed by atoms with E-state index in [1.54, 1.807) is 12.1 Å². The lowest BCUT2D eigenvalue weighted by molar-refractivity contribution is -0.275. The topological polar surface area (TPSA) is 9.23 Å². The summed E-state index contributed by atoms with van der Waals surface area (Å²) in [4.78, 5) is 0. The highest BCUT2D eigenvalue weighted by atomic mass is 19.4. The number of benzene rings is 4. The molecule has 172 valence electrons. The van der Waals surface area contributed by atoms with Crippen molar-refractivity contribution in [3.8, 4) is 16.9 Å². The van der Waals surface area contributed by atoms with Gasteiger partial charge >= 0.3 is 6.36 Å². The Morgan fingerprint density at radius 3 is 2.24 bits per heavy atom. The van der Waals surface area contributed by atoms with Gasteiger partial charge in [-0.3, -0.25) is 0 Å². The van der Waals surface area contributed by atoms with Crippen LogP contribution in [0.5, 0.6) is 5.75 Å². The molecule has 1 nitrogen and oxygen atoms in total. The van der Waals surface area contributed by atoms with Crippen LogP contribution in [0, 0.1) is 11.6 Å². The average molecular weight is 458 g/mol. The van der Waals surface area contributed by atoms with Gasteiger partial charge in [-0.15, -0.1) is 13.2 Å². The molecule has 0 heterocycles. The van der Waals surface area contributed by atoms with Crippen molar-refractivity contribution in [1.82, 2.24) is 0 Å². The molecule has 4 aromatic carbocycles. The zero-order valence-electron chi connectivity index (χ0n) is 18.1. The molecule has 0 amide bonds. The zero-order chi connectivity index (χ0) is 23.6. The molecule has 0 saturated carbocycles. The van der Waals surface area contributed by atoms with Gasteiger partial charge < -0.3 is 4.74 Å². The number of unbranched alkanes of at least 4 members (excludes halogenated alkanes) is 3. The van der Waals surface area contributed by atoms with Gasteiger partial charge in [-0.1, -0.05) is 74.7 Å². The Morgan fingerprint density at radius 1 is 0.758 bits per heavy atom. The third kappa shape index (κ3) is 5.10. The first-order valence-corrected chi connectivity index (χ1v) is 11.0. The maximum Gasteiger partial charge on any atom is 0.573 e. The zero-order valence-corrected chi connectivity index (χ0v) is 18.1. The highest BCUT2D eigenvalue weighted by Crippen LogP contribution is 2.35. The second-order valence-electron chi connectivity index (χ2n) is 8.15. The van der Waals surface area contributed by atoms with Gasteiger partial charge in [0.2, 0.25) is 0 Å². The van der Waals surface area contributed by atoms with Crippen LogP contribution < -0.4 is 4.74 Å². The van der Waals surface area contributed by atoms with Gasteiger partial charge in [0.1, 0.15) is 5.82 Å². The van der Waals surface area contributed by atoms with E-state index < -0.39 is 23.7 Å². The molecule has 0 atom stereocenters. The molecule has 4 rings (SSSR count). The van der Waals surface area contributed by atoms with E-state index in [2.05, 4.69) is 23.8 Å². The minimum Gasteiger partial charge on any atom is -0.403 e. The molecule has 0 saturated heterocycles. The van der Waals surface area contributed by atoms with E-state index in [4.69, 9.17) is 0 Å². The summed E-state index contributed by atoms with van der Waals surface area (Å²) in [6.45, 7) is 2.18. The van der Waals surface area contributed by atoms with E-state index in [-0.39, 0.29) is 11.1 Å². The molecular formula is C27H23F5O. The number of halogens is 5. The van der Waals surface area contributed by atoms with Crippen molar-refractivity contribution in [3.63, 3.8) is 0 Å². The molecule has 0 fully saturated rings. The van der Waals surface area contributed by atoms with Crippen molar-refractivity contribution in [2.75, 3.05) is 0 Å². The van der Waals surface area contributed by atoms with Gasteiger partial charge in [0, 0.05) is 10.9 Å². The Balaban J connectivity index is 1.67. The first-order valence-electron chi connectivity index (χ1n) is 11.0. The third-order valence-corrected chi connectivity index (χ3v) is 5.80. The normalized spacial score (nSPS) is 11.9. The molecule has 0 spiro atoms. The van der Waals surface area contributed by atoms with Crippen molar-refractivity contribution < 1.29 is 26.7 Å². The summed E-state index contributed by atoms with van der Waals surface area (Å²) in [5.74, 6) is -2.72. The number of hydrogen-bond donors (Lipinski definition) is 0. The second-order valence-corrected chi connectivity index (χ2v) is 8.15. The molecule has 0 unspecified atom stereocenters. The minimum absolute atomic E-state index is 0.104. The predicted molar refractivity (Wildman–Crippen MR) is 121 cm³/mol. The number of hydrogen-bond acceptors (Lipinski definition) is 1. The Labute approximate surface area is 188 Å². The van der Waals surface area contributed by atoms with E-state index in [0.717, 1.165) is 41.1 Å². The van der Waals surface area contributed by atoms with Gasteiger partial charge in [0.05, 0.1) is 0 Å². The predicted octanol–water partition coefficient (Wildman–Crippen LogP) is 8.96. The van der Waals surface area contributed by atoms with E-state index in [1.165, 1.54) is 37.0 Å². The molecule has 0 bridgehead atoms. The maximum absolute atomic E-state index is 15.4. The first-order chi connectivity index (χ1) is 15.8. The Kier molecular flexibility index (Phi) is 6.54. The summed E-state index contributed by atoms with van der Waals surface area (Å²) in [5.41, 5.74) is 1.47. The number of alkyl halides is 3. The average Bonchev–Trinajstić information content (AvgIpc) is 2.77. The SMILES string of the molecule is CCCCCCc1ccc2c(ccc3c(F)c(-c4ccc(OC(F)(F)F)c(F)c4)ccc32)c1. The van der Waals surface area contributed by atoms with E-state index in [0.29, 0.717) is 5.39 Å². The maximum atomic E-state index is 15.4. The number of ether oxygens (including phenoxy) is 1. The lowest BCUT2D eigenvalue weighted by Crippen LogP contribution is -2.17. The van der Waals surface area contributed by atoms with Crippen LogP contribution in [0.15, 0.2) is 60.7 Å². The lowest BCUT2D eigenvalue weighted by Gasteiger charge is -2.13. The number of aryl methyl sites for hydroxylation is 1. The molecule has 0 aliphatic heterocycles. The van der Waals surface area contributed by atoms with Crippen molar-refractivity contribution >= 4 is 21.5 Å². The van der Waals surface area contributed by atoms with Gasteiger partial charge in [-0.05, 0) is 52.3 Å². The number of rotatable bonds is 7. The van der Waals surface area contributed by atoms with Crippen molar-refractivity contribution in [2.24, 2.45) is 0 Å². The fraction of sp³-hybridized carbons (Fsp3) is 0.259. The van der Waals surface area contributed by atoms with Gasteiger partial charge in [-0.2, -0.15) is 0 Å². The first kappa shape index (κ1) is 23.0. The monoisotopic (exact) mass is 458 g/mol. The molecule has 33 heavy (non-hydrogen) atoms. The van der Waals surface area contributed by atoms with Gasteiger partial charge in [0.25, 0.3) is 0 Å². The smallest absolute Gasteiger partial charge is 0.403 e. The summed E-state index contributed by atoms with van der Waals surface area (Å²) in [6.07, 6.45) is 0.740. The molecular weight excluding hydrogens is 435 g/mol. The van der Waals surface area contributed by atoms with Gasteiger partial charge in [-0.25, -0.2) is 8.78 Å². The largest absolute Gasteiger partial charge is 0.573 e. The third-order valence-electron chi connectivity index (χ3n) is 5.80. The molecule has 4 aromatic rings. The summed E-state index contributed by atoms with van der Waals surface area (Å²) < 4.78 is 70.3. The van der Waals surface area contributed by atoms with Crippen molar-refractivity contribution in [1.29, 1.82) is 0 Å². The van der Waals surface area contributed by atoms with Crippen LogP contribution in [0.4, 0.5) is 22.0 Å². The van der Waals surface area contributed by atoms with Crippen molar-refractivity contribution in [2.45, 2.75) is 45.4 Å². The van der Waals surface area contributed by atoms with Crippen LogP contribution in [0.1, 0.15) is 38.2 Å². The van der Waals surface area contributed by atoms with E-state index in [9.17, 15) is 17.6 Å². The standard InChI is InChI=1S/C27H23F5O/c1-2-3-4-5-6-17-7-10-20-18(15-17)8-11-23-22(20)13-12-21(26(23)29)19-9-14-25(24(28)16-19)33-27(30,31)32/h7-16H,2-6H2,1H3. The van der Waals surface area contributed by atoms with Crippen LogP contribution in [-0.4, -0.2) is 6.36 Å². The van der Waals surface area contributed by atoms with E-state index >= 15 is 4.39 Å². The summed E-state index contributed by atoms with van der Waals surface area (Å²) in [5, 5.41) is 3.02. The van der Waals surface area contributed by atoms with E-state index in [1.807, 2.05) is 12.1 Å². The Hall–Kier alpha value is -3.15. The van der Waals surface area contributed by atoms with Crippen LogP contribution >= 0.6 is 0 Å². The Bertz CT molecular complexity index is 1290. The molecule has 0 aliphatic carbocycles. The highest BCUT2D eigenvalue weighted by molar-refractivity contribution is 6.08. The van der Waals surface area contributed by atoms with Crippen LogP contribution in [0.3, 0.4) is 0 Å². The fourth-order valence-electron chi connectivity index (χ4n) is 4.17. The van der Waals surface area contributed by atoms with Crippen LogP contribution in [-0.2, 0) is 6.42 Å². The molecule has 0 N–H and O–H groups in total. The molecule has 6 heteroatoms. The van der Waals surface area contributed by atoms with Gasteiger partial charge in [0.15, 0.2) is 11.6 Å². The van der Waals surface area contributed by atoms with Crippen molar-refractivity contribution in [3.05, 3.63) is 77.9 Å². The second kappa shape index (κ2) is 9.38. The fourth-order valence-corrected chi connectivity index (χ4v) is 4.17.